The molecule has 12 heavy (non-hydrogen) atoms. The van der Waals surface area contributed by atoms with Gasteiger partial charge in [-0.05, 0) is 25.7 Å². The zero-order valence-electron chi connectivity index (χ0n) is 8.13. The van der Waals surface area contributed by atoms with Crippen molar-refractivity contribution in [3.8, 4) is 0 Å². The highest BCUT2D eigenvalue weighted by atomic mass is 16.5. The molecule has 1 saturated carbocycles. The molecule has 1 rings (SSSR count). The van der Waals surface area contributed by atoms with Crippen LogP contribution in [0.1, 0.15) is 19.8 Å². The molecule has 3 nitrogen and oxygen atoms in total. The van der Waals surface area contributed by atoms with E-state index in [0.717, 1.165) is 0 Å². The maximum absolute atomic E-state index is 7.78. The summed E-state index contributed by atoms with van der Waals surface area (Å²) in [6.07, 6.45) is 2.49. The molecule has 1 unspecified atom stereocenters. The number of likely N-dealkylation sites (N-methyl/N-ethyl adjacent to an activating group) is 1. The molecule has 0 spiro atoms. The van der Waals surface area contributed by atoms with Crippen molar-refractivity contribution in [2.24, 2.45) is 5.92 Å². The van der Waals surface area contributed by atoms with Gasteiger partial charge in [0.15, 0.2) is 0 Å². The first-order valence-electron chi connectivity index (χ1n) is 4.54. The quantitative estimate of drug-likeness (QED) is 0.510. The molecular weight excluding hydrogens is 152 g/mol. The largest absolute Gasteiger partial charge is 0.370 e. The molecule has 1 aliphatic carbocycles. The van der Waals surface area contributed by atoms with Crippen molar-refractivity contribution < 1.29 is 4.74 Å². The lowest BCUT2D eigenvalue weighted by molar-refractivity contribution is 0.0868. The van der Waals surface area contributed by atoms with Gasteiger partial charge >= 0.3 is 0 Å². The third kappa shape index (κ3) is 2.21. The van der Waals surface area contributed by atoms with E-state index in [9.17, 15) is 0 Å². The lowest BCUT2D eigenvalue weighted by atomic mass is 10.2. The normalized spacial score (nSPS) is 18.9. The Balaban J connectivity index is 2.46. The maximum Gasteiger partial charge on any atom is 0.125 e. The van der Waals surface area contributed by atoms with Crippen LogP contribution in [0.3, 0.4) is 0 Å². The summed E-state index contributed by atoms with van der Waals surface area (Å²) in [6, 6.07) is 0. The van der Waals surface area contributed by atoms with Gasteiger partial charge in [-0.2, -0.15) is 0 Å². The molecular formula is C9H18N2O. The molecule has 0 amide bonds. The topological polar surface area (TPSA) is 36.3 Å². The zero-order valence-corrected chi connectivity index (χ0v) is 8.13. The van der Waals surface area contributed by atoms with Gasteiger partial charge in [-0.1, -0.05) is 0 Å². The van der Waals surface area contributed by atoms with Crippen LogP contribution in [-0.4, -0.2) is 37.5 Å². The van der Waals surface area contributed by atoms with Crippen molar-refractivity contribution in [1.82, 2.24) is 4.90 Å². The Morgan fingerprint density at radius 2 is 2.17 bits per heavy atom. The van der Waals surface area contributed by atoms with E-state index in [1.165, 1.54) is 12.8 Å². The van der Waals surface area contributed by atoms with Gasteiger partial charge in [-0.15, -0.1) is 0 Å². The third-order valence-corrected chi connectivity index (χ3v) is 2.15. The molecule has 0 saturated heterocycles. The predicted octanol–water partition coefficient (Wildman–Crippen LogP) is 1.34. The summed E-state index contributed by atoms with van der Waals surface area (Å²) in [5.41, 5.74) is 0. The van der Waals surface area contributed by atoms with E-state index in [1.807, 2.05) is 25.9 Å². The van der Waals surface area contributed by atoms with Crippen LogP contribution in [-0.2, 0) is 4.74 Å². The van der Waals surface area contributed by atoms with E-state index in [2.05, 4.69) is 0 Å². The molecule has 1 atom stereocenters. The van der Waals surface area contributed by atoms with E-state index in [0.29, 0.717) is 18.4 Å². The number of hydrogen-bond donors (Lipinski definition) is 1. The minimum Gasteiger partial charge on any atom is -0.370 e. The third-order valence-electron chi connectivity index (χ3n) is 2.15. The first-order chi connectivity index (χ1) is 5.66. The van der Waals surface area contributed by atoms with Crippen LogP contribution >= 0.6 is 0 Å². The minimum absolute atomic E-state index is 0.0463. The van der Waals surface area contributed by atoms with Crippen LogP contribution in [0.2, 0.25) is 0 Å². The van der Waals surface area contributed by atoms with Crippen LogP contribution in [0.15, 0.2) is 0 Å². The first-order valence-corrected chi connectivity index (χ1v) is 4.54. The Morgan fingerprint density at radius 3 is 2.50 bits per heavy atom. The lowest BCUT2D eigenvalue weighted by Gasteiger charge is -2.22. The average molecular weight is 170 g/mol. The molecule has 1 fully saturated rings. The average Bonchev–Trinajstić information content (AvgIpc) is 2.81. The first kappa shape index (κ1) is 9.52. The molecule has 0 heterocycles. The van der Waals surface area contributed by atoms with Crippen molar-refractivity contribution in [2.45, 2.75) is 25.9 Å². The fourth-order valence-corrected chi connectivity index (χ4v) is 1.27. The number of rotatable bonds is 4. The Kier molecular flexibility index (Phi) is 3.09. The fraction of sp³-hybridized carbons (Fsp3) is 0.889. The maximum atomic E-state index is 7.78. The Labute approximate surface area is 74.2 Å². The van der Waals surface area contributed by atoms with Gasteiger partial charge in [0.1, 0.15) is 11.9 Å². The van der Waals surface area contributed by atoms with Gasteiger partial charge in [0.05, 0.1) is 0 Å². The van der Waals surface area contributed by atoms with Crippen LogP contribution in [0.4, 0.5) is 0 Å². The summed E-state index contributed by atoms with van der Waals surface area (Å²) in [5.74, 6) is 1.22. The van der Waals surface area contributed by atoms with Gasteiger partial charge in [-0.25, -0.2) is 0 Å². The number of nitrogens with one attached hydrogen (secondary N) is 1. The molecule has 0 aromatic carbocycles. The predicted molar refractivity (Wildman–Crippen MR) is 49.6 cm³/mol. The smallest absolute Gasteiger partial charge is 0.125 e. The molecule has 0 aromatic heterocycles. The summed E-state index contributed by atoms with van der Waals surface area (Å²) < 4.78 is 5.52. The van der Waals surface area contributed by atoms with Crippen LogP contribution in [0.25, 0.3) is 0 Å². The lowest BCUT2D eigenvalue weighted by Crippen LogP contribution is -2.36. The fourth-order valence-electron chi connectivity index (χ4n) is 1.27. The molecule has 0 radical (unpaired) electrons. The van der Waals surface area contributed by atoms with Crippen LogP contribution in [0.5, 0.6) is 0 Å². The summed E-state index contributed by atoms with van der Waals surface area (Å²) >= 11 is 0. The summed E-state index contributed by atoms with van der Waals surface area (Å²) in [7, 11) is 3.80. The van der Waals surface area contributed by atoms with E-state index >= 15 is 0 Å². The second-order valence-electron chi connectivity index (χ2n) is 3.49. The molecule has 1 aliphatic rings. The Bertz CT molecular complexity index is 164. The highest BCUT2D eigenvalue weighted by Crippen LogP contribution is 2.34. The summed E-state index contributed by atoms with van der Waals surface area (Å²) in [5, 5.41) is 7.78. The highest BCUT2D eigenvalue weighted by molar-refractivity contribution is 5.83. The van der Waals surface area contributed by atoms with Crippen LogP contribution < -0.4 is 0 Å². The van der Waals surface area contributed by atoms with Crippen molar-refractivity contribution in [1.29, 1.82) is 5.41 Å². The molecule has 0 aliphatic heterocycles. The van der Waals surface area contributed by atoms with E-state index < -0.39 is 0 Å². The number of hydrogen-bond acceptors (Lipinski definition) is 2. The number of nitrogens with zero attached hydrogens (tertiary/aromatic N) is 1. The molecule has 3 heteroatoms. The second-order valence-corrected chi connectivity index (χ2v) is 3.49. The van der Waals surface area contributed by atoms with Gasteiger partial charge in [0, 0.05) is 20.7 Å². The van der Waals surface area contributed by atoms with E-state index in [4.69, 9.17) is 10.1 Å². The second kappa shape index (κ2) is 3.90. The molecule has 0 aromatic rings. The number of ether oxygens (including phenoxy) is 1. The van der Waals surface area contributed by atoms with Gasteiger partial charge in [0.2, 0.25) is 0 Å². The van der Waals surface area contributed by atoms with Crippen molar-refractivity contribution in [3.05, 3.63) is 0 Å². The summed E-state index contributed by atoms with van der Waals surface area (Å²) in [4.78, 5) is 1.83. The SMILES string of the molecule is CCOC(C(=N)N(C)C)C1CC1. The van der Waals surface area contributed by atoms with Crippen molar-refractivity contribution in [2.75, 3.05) is 20.7 Å². The van der Waals surface area contributed by atoms with E-state index in [1.54, 1.807) is 0 Å². The Morgan fingerprint density at radius 1 is 1.58 bits per heavy atom. The van der Waals surface area contributed by atoms with Crippen molar-refractivity contribution >= 4 is 5.84 Å². The standard InChI is InChI=1S/C9H18N2O/c1-4-12-8(7-5-6-7)9(10)11(2)3/h7-8,10H,4-6H2,1-3H3. The molecule has 70 valence electrons. The van der Waals surface area contributed by atoms with Gasteiger partial charge in [-0.3, -0.25) is 5.41 Å². The zero-order chi connectivity index (χ0) is 9.14. The van der Waals surface area contributed by atoms with Crippen LogP contribution in [0, 0.1) is 11.3 Å². The molecule has 0 bridgehead atoms. The minimum atomic E-state index is 0.0463. The summed E-state index contributed by atoms with van der Waals surface area (Å²) in [6.45, 7) is 2.69. The number of amidine groups is 1. The molecule has 1 N–H and O–H groups in total. The highest BCUT2D eigenvalue weighted by Gasteiger charge is 2.35. The van der Waals surface area contributed by atoms with Gasteiger partial charge in [0.25, 0.3) is 0 Å². The Hall–Kier alpha value is -0.570. The van der Waals surface area contributed by atoms with E-state index in [-0.39, 0.29) is 6.10 Å². The van der Waals surface area contributed by atoms with Gasteiger partial charge < -0.3 is 9.64 Å². The van der Waals surface area contributed by atoms with Crippen molar-refractivity contribution in [3.63, 3.8) is 0 Å². The monoisotopic (exact) mass is 170 g/mol.